The number of anilines is 1. The molecule has 1 aromatic heterocycles. The Kier molecular flexibility index (Phi) is 3.10. The molecule has 76 valence electrons. The summed E-state index contributed by atoms with van der Waals surface area (Å²) in [6, 6.07) is 0. The van der Waals surface area contributed by atoms with Gasteiger partial charge in [-0.25, -0.2) is 4.98 Å². The van der Waals surface area contributed by atoms with E-state index in [1.54, 1.807) is 0 Å². The van der Waals surface area contributed by atoms with Gasteiger partial charge in [0.25, 0.3) is 0 Å². The second-order valence-corrected chi connectivity index (χ2v) is 4.07. The summed E-state index contributed by atoms with van der Waals surface area (Å²) in [6.07, 6.45) is 6.43. The first-order chi connectivity index (χ1) is 6.90. The van der Waals surface area contributed by atoms with E-state index in [4.69, 9.17) is 5.73 Å². The molecule has 1 saturated carbocycles. The van der Waals surface area contributed by atoms with E-state index in [-0.39, 0.29) is 0 Å². The lowest BCUT2D eigenvalue weighted by molar-refractivity contribution is 0.984. The van der Waals surface area contributed by atoms with Crippen LogP contribution < -0.4 is 11.1 Å². The molecule has 0 amide bonds. The maximum atomic E-state index is 5.32. The van der Waals surface area contributed by atoms with Gasteiger partial charge in [-0.05, 0) is 12.8 Å². The van der Waals surface area contributed by atoms with Crippen molar-refractivity contribution in [3.8, 4) is 0 Å². The first-order valence-corrected chi connectivity index (χ1v) is 5.60. The van der Waals surface area contributed by atoms with Crippen molar-refractivity contribution >= 4 is 16.7 Å². The van der Waals surface area contributed by atoms with Crippen LogP contribution in [0.3, 0.4) is 0 Å². The van der Waals surface area contributed by atoms with E-state index in [2.05, 4.69) is 14.7 Å². The molecule has 0 saturated heterocycles. The van der Waals surface area contributed by atoms with Crippen LogP contribution in [0.5, 0.6) is 0 Å². The third-order valence-corrected chi connectivity index (χ3v) is 2.75. The molecule has 0 spiro atoms. The van der Waals surface area contributed by atoms with E-state index in [9.17, 15) is 0 Å². The number of aromatic nitrogens is 2. The van der Waals surface area contributed by atoms with Gasteiger partial charge in [0, 0.05) is 30.5 Å². The number of nitrogens with zero attached hydrogens (tertiary/aromatic N) is 2. The molecule has 0 aliphatic heterocycles. The monoisotopic (exact) mass is 210 g/mol. The molecule has 1 aromatic rings. The van der Waals surface area contributed by atoms with Gasteiger partial charge in [-0.1, -0.05) is 12.2 Å². The van der Waals surface area contributed by atoms with E-state index >= 15 is 0 Å². The van der Waals surface area contributed by atoms with Crippen molar-refractivity contribution < 1.29 is 0 Å². The molecule has 1 aliphatic carbocycles. The Labute approximate surface area is 87.4 Å². The molecule has 0 bridgehead atoms. The van der Waals surface area contributed by atoms with Crippen molar-refractivity contribution in [2.24, 2.45) is 5.73 Å². The Morgan fingerprint density at radius 1 is 1.50 bits per heavy atom. The first-order valence-electron chi connectivity index (χ1n) is 4.82. The second kappa shape index (κ2) is 4.52. The van der Waals surface area contributed by atoms with Crippen LogP contribution >= 0.6 is 11.5 Å². The van der Waals surface area contributed by atoms with Gasteiger partial charge in [-0.2, -0.15) is 4.37 Å². The highest BCUT2D eigenvalue weighted by Gasteiger charge is 2.27. The average molecular weight is 210 g/mol. The highest BCUT2D eigenvalue weighted by atomic mass is 32.1. The highest BCUT2D eigenvalue weighted by molar-refractivity contribution is 7.09. The van der Waals surface area contributed by atoms with Gasteiger partial charge in [-0.15, -0.1) is 0 Å². The second-order valence-electron chi connectivity index (χ2n) is 3.32. The summed E-state index contributed by atoms with van der Waals surface area (Å²) in [6.45, 7) is 1.36. The molecule has 14 heavy (non-hydrogen) atoms. The smallest absolute Gasteiger partial charge is 0.202 e. The maximum absolute atomic E-state index is 5.32. The van der Waals surface area contributed by atoms with Gasteiger partial charge in [0.15, 0.2) is 0 Å². The summed E-state index contributed by atoms with van der Waals surface area (Å²) in [7, 11) is 0. The van der Waals surface area contributed by atoms with Crippen LogP contribution in [0, 0.1) is 0 Å². The zero-order valence-corrected chi connectivity index (χ0v) is 8.76. The first kappa shape index (κ1) is 9.61. The molecule has 1 heterocycles. The van der Waals surface area contributed by atoms with Gasteiger partial charge in [0.2, 0.25) is 5.13 Å². The molecule has 5 heteroatoms. The van der Waals surface area contributed by atoms with E-state index in [0.717, 1.165) is 17.5 Å². The largest absolute Gasteiger partial charge is 0.357 e. The van der Waals surface area contributed by atoms with Gasteiger partial charge >= 0.3 is 0 Å². The topological polar surface area (TPSA) is 63.8 Å². The lowest BCUT2D eigenvalue weighted by Gasteiger charge is -1.94. The quantitative estimate of drug-likeness (QED) is 0.720. The minimum Gasteiger partial charge on any atom is -0.357 e. The third-order valence-electron chi connectivity index (χ3n) is 2.06. The fraction of sp³-hybridized carbons (Fsp3) is 0.556. The molecule has 2 rings (SSSR count). The van der Waals surface area contributed by atoms with E-state index in [1.165, 1.54) is 24.4 Å². The van der Waals surface area contributed by atoms with Gasteiger partial charge < -0.3 is 11.1 Å². The summed E-state index contributed by atoms with van der Waals surface area (Å²) in [4.78, 5) is 4.40. The van der Waals surface area contributed by atoms with Crippen LogP contribution in [0.4, 0.5) is 5.13 Å². The molecule has 1 aliphatic rings. The molecule has 1 fully saturated rings. The number of nitrogens with one attached hydrogen (secondary N) is 1. The number of hydrogen-bond acceptors (Lipinski definition) is 5. The van der Waals surface area contributed by atoms with Crippen LogP contribution in [0.25, 0.3) is 0 Å². The maximum Gasteiger partial charge on any atom is 0.202 e. The van der Waals surface area contributed by atoms with Gasteiger partial charge in [0.05, 0.1) is 0 Å². The SMILES string of the molecule is NC/C=C/CNc1nc(C2CC2)ns1. The van der Waals surface area contributed by atoms with Gasteiger partial charge in [-0.3, -0.25) is 0 Å². The lowest BCUT2D eigenvalue weighted by atomic mass is 10.4. The Morgan fingerprint density at radius 2 is 2.36 bits per heavy atom. The summed E-state index contributed by atoms with van der Waals surface area (Å²) >= 11 is 1.44. The molecular formula is C9H14N4S. The predicted molar refractivity (Wildman–Crippen MR) is 58.6 cm³/mol. The van der Waals surface area contributed by atoms with Crippen LogP contribution in [0.15, 0.2) is 12.2 Å². The normalized spacial score (nSPS) is 16.4. The van der Waals surface area contributed by atoms with Gasteiger partial charge in [0.1, 0.15) is 5.82 Å². The summed E-state index contributed by atoms with van der Waals surface area (Å²) in [5.41, 5.74) is 5.32. The fourth-order valence-electron chi connectivity index (χ4n) is 1.14. The number of hydrogen-bond donors (Lipinski definition) is 2. The summed E-state index contributed by atoms with van der Waals surface area (Å²) < 4.78 is 4.30. The Balaban J connectivity index is 1.80. The summed E-state index contributed by atoms with van der Waals surface area (Å²) in [5.74, 6) is 1.65. The lowest BCUT2D eigenvalue weighted by Crippen LogP contribution is -1.99. The Bertz CT molecular complexity index is 316. The van der Waals surface area contributed by atoms with Crippen LogP contribution in [-0.4, -0.2) is 22.4 Å². The average Bonchev–Trinajstić information content (AvgIpc) is 2.94. The van der Waals surface area contributed by atoms with Crippen molar-refractivity contribution in [3.63, 3.8) is 0 Å². The Hall–Kier alpha value is -0.940. The van der Waals surface area contributed by atoms with Crippen LogP contribution in [-0.2, 0) is 0 Å². The van der Waals surface area contributed by atoms with Crippen LogP contribution in [0.2, 0.25) is 0 Å². The van der Waals surface area contributed by atoms with Crippen molar-refractivity contribution in [1.82, 2.24) is 9.36 Å². The standard InChI is InChI=1S/C9H14N4S/c10-5-1-2-6-11-9-12-8(13-14-9)7-3-4-7/h1-2,7H,3-6,10H2,(H,11,12,13)/b2-1+. The van der Waals surface area contributed by atoms with Crippen LogP contribution in [0.1, 0.15) is 24.6 Å². The minimum absolute atomic E-state index is 0.588. The fourth-order valence-corrected chi connectivity index (χ4v) is 1.79. The molecule has 4 nitrogen and oxygen atoms in total. The summed E-state index contributed by atoms with van der Waals surface area (Å²) in [5, 5.41) is 4.10. The number of nitrogens with two attached hydrogens (primary N) is 1. The molecule has 0 unspecified atom stereocenters. The van der Waals surface area contributed by atoms with E-state index in [0.29, 0.717) is 12.5 Å². The number of rotatable bonds is 5. The Morgan fingerprint density at radius 3 is 3.07 bits per heavy atom. The molecular weight excluding hydrogens is 196 g/mol. The zero-order chi connectivity index (χ0) is 9.80. The minimum atomic E-state index is 0.588. The zero-order valence-electron chi connectivity index (χ0n) is 7.94. The van der Waals surface area contributed by atoms with Crippen molar-refractivity contribution in [2.75, 3.05) is 18.4 Å². The molecule has 0 aromatic carbocycles. The van der Waals surface area contributed by atoms with Crippen molar-refractivity contribution in [3.05, 3.63) is 18.0 Å². The molecule has 0 radical (unpaired) electrons. The third kappa shape index (κ3) is 2.52. The van der Waals surface area contributed by atoms with Crippen molar-refractivity contribution in [1.29, 1.82) is 0 Å². The van der Waals surface area contributed by atoms with E-state index < -0.39 is 0 Å². The highest BCUT2D eigenvalue weighted by Crippen LogP contribution is 2.39. The molecule has 0 atom stereocenters. The molecule has 3 N–H and O–H groups in total. The van der Waals surface area contributed by atoms with Crippen molar-refractivity contribution in [2.45, 2.75) is 18.8 Å². The van der Waals surface area contributed by atoms with E-state index in [1.807, 2.05) is 12.2 Å². The predicted octanol–water partition coefficient (Wildman–Crippen LogP) is 1.34.